The average molecular weight is 565 g/mol. The van der Waals surface area contributed by atoms with Gasteiger partial charge in [-0.3, -0.25) is 9.52 Å². The fourth-order valence-corrected chi connectivity index (χ4v) is 6.12. The maximum absolute atomic E-state index is 13.2. The van der Waals surface area contributed by atoms with Crippen LogP contribution in [0.4, 0.5) is 24.0 Å². The topological polar surface area (TPSA) is 100 Å². The van der Waals surface area contributed by atoms with E-state index in [1.807, 2.05) is 4.90 Å². The first-order valence-electron chi connectivity index (χ1n) is 11.6. The van der Waals surface area contributed by atoms with Crippen molar-refractivity contribution in [2.75, 3.05) is 35.8 Å². The van der Waals surface area contributed by atoms with Crippen LogP contribution >= 0.6 is 11.5 Å². The van der Waals surface area contributed by atoms with Gasteiger partial charge in [-0.05, 0) is 54.8 Å². The molecule has 0 unspecified atom stereocenters. The lowest BCUT2D eigenvalue weighted by molar-refractivity contribution is -0.137. The highest BCUT2D eigenvalue weighted by Gasteiger charge is 2.32. The summed E-state index contributed by atoms with van der Waals surface area (Å²) in [6, 6.07) is 11.0. The van der Waals surface area contributed by atoms with Crippen LogP contribution in [0.2, 0.25) is 0 Å². The number of fused-ring (bicyclic) bond motifs is 1. The predicted molar refractivity (Wildman–Crippen MR) is 138 cm³/mol. The van der Waals surface area contributed by atoms with E-state index in [9.17, 15) is 26.4 Å². The molecule has 9 nitrogen and oxygen atoms in total. The number of carbonyl (C=O) groups is 1. The number of carbonyl (C=O) groups excluding carboxylic acids is 1. The minimum absolute atomic E-state index is 0.0896. The van der Waals surface area contributed by atoms with Gasteiger partial charge >= 0.3 is 6.18 Å². The quantitative estimate of drug-likeness (QED) is 0.377. The fraction of sp³-hybridized carbons (Fsp3) is 0.292. The number of anilines is 2. The third-order valence-corrected chi connectivity index (χ3v) is 8.58. The monoisotopic (exact) mass is 564 g/mol. The van der Waals surface area contributed by atoms with E-state index in [1.54, 1.807) is 40.8 Å². The normalized spacial score (nSPS) is 15.6. The van der Waals surface area contributed by atoms with Gasteiger partial charge in [0, 0.05) is 55.1 Å². The van der Waals surface area contributed by atoms with Crippen molar-refractivity contribution < 1.29 is 26.4 Å². The number of nitrogens with zero attached hydrogens (tertiary/aromatic N) is 5. The minimum Gasteiger partial charge on any atom is -0.368 e. The Balaban J connectivity index is 1.23. The Morgan fingerprint density at radius 1 is 1.05 bits per heavy atom. The lowest BCUT2D eigenvalue weighted by Crippen LogP contribution is -2.50. The summed E-state index contributed by atoms with van der Waals surface area (Å²) in [5, 5.41) is 0.809. The Bertz CT molecular complexity index is 1550. The van der Waals surface area contributed by atoms with Gasteiger partial charge in [0.25, 0.3) is 10.0 Å². The Morgan fingerprint density at radius 2 is 1.76 bits per heavy atom. The van der Waals surface area contributed by atoms with Crippen LogP contribution in [0.15, 0.2) is 66.0 Å². The molecule has 1 atom stereocenters. The molecule has 3 heterocycles. The molecule has 1 saturated heterocycles. The largest absolute Gasteiger partial charge is 0.416 e. The summed E-state index contributed by atoms with van der Waals surface area (Å²) >= 11 is 0.937. The van der Waals surface area contributed by atoms with Crippen LogP contribution in [0.25, 0.3) is 10.9 Å². The number of halogens is 3. The molecule has 1 aliphatic rings. The van der Waals surface area contributed by atoms with Gasteiger partial charge in [0.1, 0.15) is 12.4 Å². The predicted octanol–water partition coefficient (Wildman–Crippen LogP) is 4.22. The van der Waals surface area contributed by atoms with E-state index in [2.05, 4.69) is 14.1 Å². The highest BCUT2D eigenvalue weighted by Crippen LogP contribution is 2.33. The highest BCUT2D eigenvalue weighted by atomic mass is 32.2. The van der Waals surface area contributed by atoms with Gasteiger partial charge in [0.05, 0.1) is 10.5 Å². The van der Waals surface area contributed by atoms with E-state index in [4.69, 9.17) is 0 Å². The third kappa shape index (κ3) is 5.18. The minimum atomic E-state index is -4.47. The second kappa shape index (κ2) is 9.91. The molecule has 0 spiro atoms. The fourth-order valence-electron chi connectivity index (χ4n) is 4.46. The summed E-state index contributed by atoms with van der Waals surface area (Å²) in [6.07, 6.45) is -1.56. The number of hydrogen-bond donors (Lipinski definition) is 1. The zero-order valence-corrected chi connectivity index (χ0v) is 21.7. The Hall–Kier alpha value is -3.65. The molecule has 0 aliphatic carbocycles. The van der Waals surface area contributed by atoms with Crippen LogP contribution in [-0.4, -0.2) is 59.3 Å². The number of nitrogens with one attached hydrogen (secondary N) is 1. The molecule has 1 amide bonds. The van der Waals surface area contributed by atoms with E-state index in [-0.39, 0.29) is 15.9 Å². The lowest BCUT2D eigenvalue weighted by atomic mass is 10.1. The SMILES string of the molecule is C[C@H](C(=O)N1CCN(c2ccc(S(=O)(=O)Nc3ncns3)cc2)CC1)n1ccc2ccc(C(F)(F)F)cc21. The number of benzene rings is 2. The Labute approximate surface area is 220 Å². The van der Waals surface area contributed by atoms with E-state index < -0.39 is 27.8 Å². The van der Waals surface area contributed by atoms with Crippen LogP contribution in [0.1, 0.15) is 18.5 Å². The molecule has 0 bridgehead atoms. The zero-order valence-electron chi connectivity index (χ0n) is 20.1. The van der Waals surface area contributed by atoms with Crippen LogP contribution in [-0.2, 0) is 21.0 Å². The van der Waals surface area contributed by atoms with Crippen molar-refractivity contribution in [1.29, 1.82) is 0 Å². The first-order chi connectivity index (χ1) is 18.0. The van der Waals surface area contributed by atoms with Crippen LogP contribution in [0, 0.1) is 0 Å². The van der Waals surface area contributed by atoms with E-state index >= 15 is 0 Å². The maximum Gasteiger partial charge on any atom is 0.416 e. The molecule has 2 aromatic carbocycles. The van der Waals surface area contributed by atoms with Crippen molar-refractivity contribution >= 4 is 49.2 Å². The zero-order chi connectivity index (χ0) is 27.1. The third-order valence-electron chi connectivity index (χ3n) is 6.51. The molecular formula is C24H23F3N6O3S2. The average Bonchev–Trinajstić information content (AvgIpc) is 3.56. The van der Waals surface area contributed by atoms with Gasteiger partial charge < -0.3 is 14.4 Å². The van der Waals surface area contributed by atoms with Crippen LogP contribution in [0.3, 0.4) is 0 Å². The van der Waals surface area contributed by atoms with Crippen LogP contribution in [0.5, 0.6) is 0 Å². The van der Waals surface area contributed by atoms with Crippen molar-refractivity contribution in [3.05, 3.63) is 66.6 Å². The van der Waals surface area contributed by atoms with Crippen LogP contribution < -0.4 is 9.62 Å². The lowest BCUT2D eigenvalue weighted by Gasteiger charge is -2.37. The molecule has 200 valence electrons. The van der Waals surface area contributed by atoms with E-state index in [0.717, 1.165) is 29.4 Å². The summed E-state index contributed by atoms with van der Waals surface area (Å²) < 4.78 is 72.4. The molecule has 2 aromatic heterocycles. The molecule has 38 heavy (non-hydrogen) atoms. The van der Waals surface area contributed by atoms with Crippen molar-refractivity contribution in [3.63, 3.8) is 0 Å². The molecule has 1 fully saturated rings. The van der Waals surface area contributed by atoms with Gasteiger partial charge in [-0.2, -0.15) is 17.5 Å². The number of hydrogen-bond acceptors (Lipinski definition) is 7. The van der Waals surface area contributed by atoms with Gasteiger partial charge in [0.2, 0.25) is 11.0 Å². The highest BCUT2D eigenvalue weighted by molar-refractivity contribution is 7.93. The van der Waals surface area contributed by atoms with Crippen molar-refractivity contribution in [1.82, 2.24) is 18.8 Å². The van der Waals surface area contributed by atoms with Crippen molar-refractivity contribution in [2.24, 2.45) is 0 Å². The number of rotatable bonds is 6. The number of aromatic nitrogens is 3. The summed E-state index contributed by atoms with van der Waals surface area (Å²) in [5.74, 6) is -0.177. The smallest absolute Gasteiger partial charge is 0.368 e. The molecule has 4 aromatic rings. The van der Waals surface area contributed by atoms with Gasteiger partial charge in [-0.1, -0.05) is 6.07 Å². The van der Waals surface area contributed by atoms with E-state index in [0.29, 0.717) is 37.1 Å². The number of amides is 1. The van der Waals surface area contributed by atoms with E-state index in [1.165, 1.54) is 24.5 Å². The second-order valence-corrected chi connectivity index (χ2v) is 11.3. The molecule has 0 saturated carbocycles. The second-order valence-electron chi connectivity index (χ2n) is 8.83. The summed E-state index contributed by atoms with van der Waals surface area (Å²) in [4.78, 5) is 20.9. The van der Waals surface area contributed by atoms with Crippen molar-refractivity contribution in [3.8, 4) is 0 Å². The molecule has 1 aliphatic heterocycles. The summed E-state index contributed by atoms with van der Waals surface area (Å²) in [5.41, 5.74) is 0.416. The number of piperazine rings is 1. The first kappa shape index (κ1) is 26.0. The summed E-state index contributed by atoms with van der Waals surface area (Å²) in [6.45, 7) is 3.59. The standard InChI is InChI=1S/C24H23F3N6O3S2/c1-16(33-9-8-17-2-3-18(14-21(17)33)24(25,26)27)22(34)32-12-10-31(11-13-32)19-4-6-20(7-5-19)38(35,36)30-23-28-15-29-37-23/h2-9,14-16H,10-13H2,1H3,(H,28,29,30)/t16-/m1/s1. The van der Waals surface area contributed by atoms with Crippen molar-refractivity contribution in [2.45, 2.75) is 24.0 Å². The number of alkyl halides is 3. The van der Waals surface area contributed by atoms with Gasteiger partial charge in [-0.15, -0.1) is 0 Å². The molecular weight excluding hydrogens is 541 g/mol. The maximum atomic E-state index is 13.2. The Morgan fingerprint density at radius 3 is 2.39 bits per heavy atom. The number of sulfonamides is 1. The molecule has 5 rings (SSSR count). The molecule has 0 radical (unpaired) electrons. The Kier molecular flexibility index (Phi) is 6.77. The molecule has 1 N–H and O–H groups in total. The summed E-state index contributed by atoms with van der Waals surface area (Å²) in [7, 11) is -3.79. The van der Waals surface area contributed by atoms with Gasteiger partial charge in [-0.25, -0.2) is 13.4 Å². The molecule has 14 heteroatoms. The first-order valence-corrected chi connectivity index (χ1v) is 13.9. The van der Waals surface area contributed by atoms with Gasteiger partial charge in [0.15, 0.2) is 0 Å².